The Hall–Kier alpha value is -1.90. The maximum atomic E-state index is 8.49. The van der Waals surface area contributed by atoms with Gasteiger partial charge in [-0.2, -0.15) is 0 Å². The molecule has 0 bridgehead atoms. The van der Waals surface area contributed by atoms with Gasteiger partial charge in [0.05, 0.1) is 0 Å². The summed E-state index contributed by atoms with van der Waals surface area (Å²) < 4.78 is 0. The maximum absolute atomic E-state index is 8.49. The molecular formula is C19H31N3. The predicted molar refractivity (Wildman–Crippen MR) is 99.8 cm³/mol. The predicted octanol–water partition coefficient (Wildman–Crippen LogP) is 5.04. The zero-order valence-corrected chi connectivity index (χ0v) is 14.7. The molecule has 0 heterocycles. The van der Waals surface area contributed by atoms with E-state index in [1.807, 2.05) is 45.3 Å². The van der Waals surface area contributed by atoms with Crippen molar-refractivity contribution in [2.45, 2.75) is 47.0 Å². The third-order valence-corrected chi connectivity index (χ3v) is 3.20. The van der Waals surface area contributed by atoms with Gasteiger partial charge in [-0.25, -0.2) is 0 Å². The molecule has 0 aliphatic rings. The first-order valence-corrected chi connectivity index (χ1v) is 8.07. The van der Waals surface area contributed by atoms with E-state index in [0.717, 1.165) is 30.5 Å². The summed E-state index contributed by atoms with van der Waals surface area (Å²) in [5.41, 5.74) is 2.59. The number of nitrogens with one attached hydrogen (secondary N) is 2. The molecule has 122 valence electrons. The van der Waals surface area contributed by atoms with Crippen LogP contribution in [0.15, 0.2) is 53.3 Å². The largest absolute Gasteiger partial charge is 0.394 e. The molecule has 2 N–H and O–H groups in total. The molecule has 0 aliphatic carbocycles. The lowest BCUT2D eigenvalue weighted by Gasteiger charge is -2.13. The van der Waals surface area contributed by atoms with E-state index in [0.29, 0.717) is 5.71 Å². The average Bonchev–Trinajstić information content (AvgIpc) is 2.53. The molecule has 0 fully saturated rings. The number of hydrogen-bond donors (Lipinski definition) is 2. The topological polar surface area (TPSA) is 48.2 Å². The Morgan fingerprint density at radius 2 is 2.00 bits per heavy atom. The normalized spacial score (nSPS) is 15.1. The summed E-state index contributed by atoms with van der Waals surface area (Å²) in [6.07, 6.45) is 16.8. The van der Waals surface area contributed by atoms with E-state index in [2.05, 4.69) is 36.3 Å². The highest BCUT2D eigenvalue weighted by Crippen LogP contribution is 2.15. The van der Waals surface area contributed by atoms with Crippen LogP contribution in [0, 0.1) is 11.3 Å². The highest BCUT2D eigenvalue weighted by molar-refractivity contribution is 6.04. The second-order valence-corrected chi connectivity index (χ2v) is 5.11. The molecule has 0 aliphatic heterocycles. The highest BCUT2D eigenvalue weighted by Gasteiger charge is 2.12. The van der Waals surface area contributed by atoms with Crippen molar-refractivity contribution in [3.05, 3.63) is 48.4 Å². The minimum absolute atomic E-state index is 0.132. The first-order chi connectivity index (χ1) is 10.6. The molecule has 0 radical (unpaired) electrons. The highest BCUT2D eigenvalue weighted by atomic mass is 14.8. The van der Waals surface area contributed by atoms with Crippen molar-refractivity contribution >= 4 is 11.4 Å². The first kappa shape index (κ1) is 20.1. The summed E-state index contributed by atoms with van der Waals surface area (Å²) in [6.45, 7) is 8.18. The molecule has 0 saturated heterocycles. The van der Waals surface area contributed by atoms with Gasteiger partial charge in [-0.3, -0.25) is 4.99 Å². The van der Waals surface area contributed by atoms with Gasteiger partial charge < -0.3 is 10.7 Å². The van der Waals surface area contributed by atoms with Gasteiger partial charge in [-0.05, 0) is 44.5 Å². The number of rotatable bonds is 10. The summed E-state index contributed by atoms with van der Waals surface area (Å²) in [5.74, 6) is 0.132. The number of hydrogen-bond acceptors (Lipinski definition) is 3. The number of unbranched alkanes of at least 4 members (excludes halogenated alkanes) is 1. The smallest absolute Gasteiger partial charge is 0.0452 e. The summed E-state index contributed by atoms with van der Waals surface area (Å²) >= 11 is 0. The third-order valence-electron chi connectivity index (χ3n) is 3.20. The van der Waals surface area contributed by atoms with Gasteiger partial charge in [0.2, 0.25) is 0 Å². The molecule has 0 saturated carbocycles. The van der Waals surface area contributed by atoms with Crippen LogP contribution in [0.4, 0.5) is 0 Å². The Morgan fingerprint density at radius 1 is 1.27 bits per heavy atom. The van der Waals surface area contributed by atoms with Crippen molar-refractivity contribution in [2.24, 2.45) is 10.9 Å². The molecule has 1 atom stereocenters. The quantitative estimate of drug-likeness (QED) is 0.431. The zero-order valence-electron chi connectivity index (χ0n) is 14.7. The lowest BCUT2D eigenvalue weighted by atomic mass is 9.93. The molecule has 0 rings (SSSR count). The van der Waals surface area contributed by atoms with Crippen molar-refractivity contribution < 1.29 is 0 Å². The van der Waals surface area contributed by atoms with Crippen LogP contribution >= 0.6 is 0 Å². The van der Waals surface area contributed by atoms with Crippen LogP contribution < -0.4 is 5.32 Å². The van der Waals surface area contributed by atoms with E-state index in [-0.39, 0.29) is 5.92 Å². The minimum atomic E-state index is 0.132. The molecule has 22 heavy (non-hydrogen) atoms. The molecule has 0 aromatic heterocycles. The van der Waals surface area contributed by atoms with Gasteiger partial charge in [-0.1, -0.05) is 44.6 Å². The molecule has 0 aromatic rings. The molecule has 3 nitrogen and oxygen atoms in total. The molecule has 3 heteroatoms. The Labute approximate surface area is 136 Å². The first-order valence-electron chi connectivity index (χ1n) is 8.07. The van der Waals surface area contributed by atoms with Crippen LogP contribution in [-0.4, -0.2) is 18.5 Å². The fourth-order valence-electron chi connectivity index (χ4n) is 1.88. The number of nitrogens with zero attached hydrogens (tertiary/aromatic N) is 1. The van der Waals surface area contributed by atoms with Crippen LogP contribution in [-0.2, 0) is 0 Å². The second-order valence-electron chi connectivity index (χ2n) is 5.11. The van der Waals surface area contributed by atoms with E-state index in [1.165, 1.54) is 0 Å². The SMILES string of the molecule is C\C=C/N=C(C)/C=C\C(=C/CCC)C(=N)C(/C=C/NC)CC. The fraction of sp³-hybridized carbons (Fsp3) is 0.474. The summed E-state index contributed by atoms with van der Waals surface area (Å²) in [6, 6.07) is 0. The Kier molecular flexibility index (Phi) is 11.7. The second kappa shape index (κ2) is 12.8. The lowest BCUT2D eigenvalue weighted by Crippen LogP contribution is -2.13. The van der Waals surface area contributed by atoms with Crippen LogP contribution in [0.5, 0.6) is 0 Å². The number of aliphatic imine (C=N–C) groups is 1. The van der Waals surface area contributed by atoms with Gasteiger partial charge >= 0.3 is 0 Å². The molecular weight excluding hydrogens is 270 g/mol. The molecule has 0 amide bonds. The van der Waals surface area contributed by atoms with Gasteiger partial charge in [0.15, 0.2) is 0 Å². The minimum Gasteiger partial charge on any atom is -0.394 e. The fourth-order valence-corrected chi connectivity index (χ4v) is 1.88. The van der Waals surface area contributed by atoms with E-state index in [9.17, 15) is 0 Å². The monoisotopic (exact) mass is 301 g/mol. The van der Waals surface area contributed by atoms with Crippen molar-refractivity contribution in [3.63, 3.8) is 0 Å². The average molecular weight is 301 g/mol. The van der Waals surface area contributed by atoms with Crippen molar-refractivity contribution in [3.8, 4) is 0 Å². The van der Waals surface area contributed by atoms with Gasteiger partial charge in [-0.15, -0.1) is 0 Å². The summed E-state index contributed by atoms with van der Waals surface area (Å²) in [4.78, 5) is 4.30. The summed E-state index contributed by atoms with van der Waals surface area (Å²) in [7, 11) is 1.88. The van der Waals surface area contributed by atoms with Crippen LogP contribution in [0.2, 0.25) is 0 Å². The van der Waals surface area contributed by atoms with Crippen LogP contribution in [0.3, 0.4) is 0 Å². The van der Waals surface area contributed by atoms with E-state index >= 15 is 0 Å². The van der Waals surface area contributed by atoms with Gasteiger partial charge in [0.1, 0.15) is 0 Å². The maximum Gasteiger partial charge on any atom is 0.0452 e. The Morgan fingerprint density at radius 3 is 2.55 bits per heavy atom. The Balaban J connectivity index is 5.24. The van der Waals surface area contributed by atoms with Crippen LogP contribution in [0.1, 0.15) is 47.0 Å². The number of allylic oxidation sites excluding steroid dienone is 6. The molecule has 1 unspecified atom stereocenters. The standard InChI is InChI=1S/C19H31N3/c1-6-9-10-18(12-11-16(4)22-14-7-2)19(20)17(8-3)13-15-21-5/h7,10-15,17,20-21H,6,8-9H2,1-5H3/b12-11-,14-7-,15-13+,18-10+,20-19?,22-16+. The Bertz CT molecular complexity index is 465. The zero-order chi connectivity index (χ0) is 16.8. The summed E-state index contributed by atoms with van der Waals surface area (Å²) in [5, 5.41) is 11.5. The van der Waals surface area contributed by atoms with Crippen LogP contribution in [0.25, 0.3) is 0 Å². The van der Waals surface area contributed by atoms with Gasteiger partial charge in [0, 0.05) is 30.6 Å². The molecule has 0 aromatic carbocycles. The van der Waals surface area contributed by atoms with Gasteiger partial charge in [0.25, 0.3) is 0 Å². The van der Waals surface area contributed by atoms with Crippen molar-refractivity contribution in [2.75, 3.05) is 7.05 Å². The van der Waals surface area contributed by atoms with E-state index in [1.54, 1.807) is 6.20 Å². The molecule has 0 spiro atoms. The van der Waals surface area contributed by atoms with Crippen molar-refractivity contribution in [1.29, 1.82) is 5.41 Å². The van der Waals surface area contributed by atoms with E-state index < -0.39 is 0 Å². The lowest BCUT2D eigenvalue weighted by molar-refractivity contribution is 0.802. The van der Waals surface area contributed by atoms with E-state index in [4.69, 9.17) is 5.41 Å². The third kappa shape index (κ3) is 8.40. The van der Waals surface area contributed by atoms with Crippen molar-refractivity contribution in [1.82, 2.24) is 5.32 Å².